The van der Waals surface area contributed by atoms with E-state index >= 15 is 0 Å². The molecule has 0 N–H and O–H groups in total. The number of carbonyl (C=O) groups is 1. The molecule has 4 rings (SSSR count). The molecule has 0 spiro atoms. The van der Waals surface area contributed by atoms with Gasteiger partial charge in [0.15, 0.2) is 0 Å². The average Bonchev–Trinajstić information content (AvgIpc) is 3.01. The molecule has 21 heavy (non-hydrogen) atoms. The van der Waals surface area contributed by atoms with E-state index in [0.29, 0.717) is 5.91 Å². The first-order valence-electron chi connectivity index (χ1n) is 7.58. The molecule has 2 aromatic rings. The predicted molar refractivity (Wildman–Crippen MR) is 83.2 cm³/mol. The molecular formula is C17H18N2OS. The number of fused-ring (bicyclic) bond motifs is 2. The largest absolute Gasteiger partial charge is 0.338 e. The molecular weight excluding hydrogens is 280 g/mol. The first-order valence-corrected chi connectivity index (χ1v) is 8.46. The van der Waals surface area contributed by atoms with Gasteiger partial charge in [0.25, 0.3) is 0 Å². The van der Waals surface area contributed by atoms with Crippen LogP contribution in [0.4, 0.5) is 0 Å². The first kappa shape index (κ1) is 13.0. The van der Waals surface area contributed by atoms with Gasteiger partial charge < -0.3 is 4.90 Å². The number of aryl methyl sites for hydroxylation is 1. The molecule has 1 unspecified atom stereocenters. The highest BCUT2D eigenvalue weighted by Gasteiger charge is 2.31. The molecule has 1 aliphatic carbocycles. The molecule has 4 heteroatoms. The van der Waals surface area contributed by atoms with Crippen LogP contribution in [0.3, 0.4) is 0 Å². The molecule has 2 heterocycles. The van der Waals surface area contributed by atoms with Gasteiger partial charge in [0.05, 0.1) is 11.2 Å². The summed E-state index contributed by atoms with van der Waals surface area (Å²) >= 11 is 1.70. The van der Waals surface area contributed by atoms with E-state index in [1.54, 1.807) is 11.3 Å². The van der Waals surface area contributed by atoms with E-state index < -0.39 is 0 Å². The lowest BCUT2D eigenvalue weighted by Crippen LogP contribution is -2.41. The van der Waals surface area contributed by atoms with Crippen LogP contribution in [0.15, 0.2) is 29.8 Å². The number of amides is 1. The van der Waals surface area contributed by atoms with Gasteiger partial charge in [-0.15, -0.1) is 11.3 Å². The topological polar surface area (TPSA) is 33.2 Å². The van der Waals surface area contributed by atoms with E-state index in [-0.39, 0.29) is 5.92 Å². The number of nitrogens with zero attached hydrogens (tertiary/aromatic N) is 2. The van der Waals surface area contributed by atoms with Gasteiger partial charge in [0.1, 0.15) is 0 Å². The smallest absolute Gasteiger partial charge is 0.226 e. The molecule has 0 fully saturated rings. The van der Waals surface area contributed by atoms with Crippen molar-refractivity contribution < 1.29 is 4.79 Å². The van der Waals surface area contributed by atoms with E-state index in [1.807, 2.05) is 5.51 Å². The van der Waals surface area contributed by atoms with Crippen LogP contribution in [0.25, 0.3) is 0 Å². The second kappa shape index (κ2) is 5.26. The second-order valence-electron chi connectivity index (χ2n) is 5.94. The minimum absolute atomic E-state index is 0.156. The third-order valence-electron chi connectivity index (χ3n) is 4.68. The second-order valence-corrected chi connectivity index (χ2v) is 6.88. The van der Waals surface area contributed by atoms with Gasteiger partial charge in [-0.1, -0.05) is 24.3 Å². The van der Waals surface area contributed by atoms with Gasteiger partial charge in [0, 0.05) is 23.9 Å². The molecule has 1 amide bonds. The Bertz CT molecular complexity index is 679. The van der Waals surface area contributed by atoms with Crippen molar-refractivity contribution in [3.63, 3.8) is 0 Å². The van der Waals surface area contributed by atoms with E-state index in [0.717, 1.165) is 38.8 Å². The number of aromatic nitrogens is 1. The van der Waals surface area contributed by atoms with Gasteiger partial charge in [-0.25, -0.2) is 4.98 Å². The molecule has 0 bridgehead atoms. The molecule has 1 aromatic heterocycles. The Balaban J connectivity index is 1.49. The van der Waals surface area contributed by atoms with E-state index in [1.165, 1.54) is 21.7 Å². The van der Waals surface area contributed by atoms with E-state index in [4.69, 9.17) is 0 Å². The lowest BCUT2D eigenvalue weighted by atomic mass is 9.89. The normalized spacial score (nSPS) is 20.8. The Hall–Kier alpha value is -1.68. The van der Waals surface area contributed by atoms with Crippen LogP contribution in [0.1, 0.15) is 28.1 Å². The first-order chi connectivity index (χ1) is 10.3. The Morgan fingerprint density at radius 3 is 3.00 bits per heavy atom. The lowest BCUT2D eigenvalue weighted by molar-refractivity contribution is -0.136. The quantitative estimate of drug-likeness (QED) is 0.811. The number of rotatable bonds is 1. The van der Waals surface area contributed by atoms with Crippen molar-refractivity contribution in [1.82, 2.24) is 9.88 Å². The third kappa shape index (κ3) is 2.38. The Kier molecular flexibility index (Phi) is 3.26. The van der Waals surface area contributed by atoms with Crippen molar-refractivity contribution in [2.75, 3.05) is 6.54 Å². The minimum Gasteiger partial charge on any atom is -0.338 e. The van der Waals surface area contributed by atoms with Crippen LogP contribution < -0.4 is 0 Å². The maximum Gasteiger partial charge on any atom is 0.226 e. The van der Waals surface area contributed by atoms with Gasteiger partial charge in [-0.2, -0.15) is 0 Å². The number of hydrogen-bond acceptors (Lipinski definition) is 3. The molecule has 1 aliphatic heterocycles. The minimum atomic E-state index is 0.156. The van der Waals surface area contributed by atoms with Crippen LogP contribution >= 0.6 is 11.3 Å². The number of benzene rings is 1. The highest BCUT2D eigenvalue weighted by Crippen LogP contribution is 2.30. The summed E-state index contributed by atoms with van der Waals surface area (Å²) < 4.78 is 0. The Morgan fingerprint density at radius 1 is 1.24 bits per heavy atom. The highest BCUT2D eigenvalue weighted by atomic mass is 32.1. The van der Waals surface area contributed by atoms with Crippen molar-refractivity contribution in [2.45, 2.75) is 32.2 Å². The summed E-state index contributed by atoms with van der Waals surface area (Å²) in [7, 11) is 0. The van der Waals surface area contributed by atoms with Crippen molar-refractivity contribution in [3.05, 3.63) is 51.5 Å². The SMILES string of the molecule is O=C(C1CCc2ncsc2C1)N1CCc2ccccc2C1. The zero-order chi connectivity index (χ0) is 14.2. The van der Waals surface area contributed by atoms with Crippen LogP contribution in [-0.4, -0.2) is 22.3 Å². The van der Waals surface area contributed by atoms with E-state index in [9.17, 15) is 4.79 Å². The molecule has 108 valence electrons. The standard InChI is InChI=1S/C17H18N2OS/c20-17(13-5-6-15-16(9-13)21-11-18-15)19-8-7-12-3-1-2-4-14(12)10-19/h1-4,11,13H,5-10H2. The summed E-state index contributed by atoms with van der Waals surface area (Å²) in [4.78, 5) is 20.6. The summed E-state index contributed by atoms with van der Waals surface area (Å²) in [5.41, 5.74) is 5.84. The Labute approximate surface area is 128 Å². The molecule has 0 saturated carbocycles. The monoisotopic (exact) mass is 298 g/mol. The maximum absolute atomic E-state index is 12.8. The van der Waals surface area contributed by atoms with Crippen molar-refractivity contribution in [2.24, 2.45) is 5.92 Å². The van der Waals surface area contributed by atoms with Gasteiger partial charge in [0.2, 0.25) is 5.91 Å². The summed E-state index contributed by atoms with van der Waals surface area (Å²) in [6.45, 7) is 1.64. The van der Waals surface area contributed by atoms with E-state index in [2.05, 4.69) is 34.1 Å². The molecule has 1 atom stereocenters. The molecule has 1 aromatic carbocycles. The Morgan fingerprint density at radius 2 is 2.10 bits per heavy atom. The van der Waals surface area contributed by atoms with Crippen LogP contribution in [-0.2, 0) is 30.6 Å². The molecule has 0 saturated heterocycles. The molecule has 2 aliphatic rings. The number of hydrogen-bond donors (Lipinski definition) is 0. The van der Waals surface area contributed by atoms with Gasteiger partial charge in [-0.05, 0) is 36.8 Å². The number of thiazole rings is 1. The molecule has 3 nitrogen and oxygen atoms in total. The van der Waals surface area contributed by atoms with Crippen molar-refractivity contribution >= 4 is 17.2 Å². The fourth-order valence-electron chi connectivity index (χ4n) is 3.45. The maximum atomic E-state index is 12.8. The molecule has 0 radical (unpaired) electrons. The average molecular weight is 298 g/mol. The van der Waals surface area contributed by atoms with Crippen LogP contribution in [0.2, 0.25) is 0 Å². The summed E-state index contributed by atoms with van der Waals surface area (Å²) in [6, 6.07) is 8.48. The van der Waals surface area contributed by atoms with Crippen molar-refractivity contribution in [1.29, 1.82) is 0 Å². The van der Waals surface area contributed by atoms with Crippen LogP contribution in [0, 0.1) is 5.92 Å². The summed E-state index contributed by atoms with van der Waals surface area (Å²) in [5, 5.41) is 0. The van der Waals surface area contributed by atoms with Crippen molar-refractivity contribution in [3.8, 4) is 0 Å². The highest BCUT2D eigenvalue weighted by molar-refractivity contribution is 7.09. The zero-order valence-electron chi connectivity index (χ0n) is 11.9. The third-order valence-corrected chi connectivity index (χ3v) is 5.58. The fraction of sp³-hybridized carbons (Fsp3) is 0.412. The predicted octanol–water partition coefficient (Wildman–Crippen LogP) is 2.83. The lowest BCUT2D eigenvalue weighted by Gasteiger charge is -2.32. The van der Waals surface area contributed by atoms with Crippen LogP contribution in [0.5, 0.6) is 0 Å². The zero-order valence-corrected chi connectivity index (χ0v) is 12.7. The summed E-state index contributed by atoms with van der Waals surface area (Å²) in [6.07, 6.45) is 3.78. The fourth-order valence-corrected chi connectivity index (χ4v) is 4.35. The number of carbonyl (C=O) groups excluding carboxylic acids is 1. The van der Waals surface area contributed by atoms with Gasteiger partial charge >= 0.3 is 0 Å². The van der Waals surface area contributed by atoms with Gasteiger partial charge in [-0.3, -0.25) is 4.79 Å². The summed E-state index contributed by atoms with van der Waals surface area (Å²) in [5.74, 6) is 0.492.